The molecule has 0 bridgehead atoms. The van der Waals surface area contributed by atoms with Crippen molar-refractivity contribution in [2.75, 3.05) is 37.7 Å². The largest absolute Gasteiger partial charge is 0.461 e. The second kappa shape index (κ2) is 7.22. The quantitative estimate of drug-likeness (QED) is 0.776. The first-order valence-corrected chi connectivity index (χ1v) is 8.15. The molecule has 0 saturated carbocycles. The normalized spacial score (nSPS) is 16.3. The number of pyridine rings is 1. The highest BCUT2D eigenvalue weighted by Gasteiger charge is 2.21. The third-order valence-corrected chi connectivity index (χ3v) is 4.31. The van der Waals surface area contributed by atoms with E-state index in [4.69, 9.17) is 4.74 Å². The van der Waals surface area contributed by atoms with Crippen LogP contribution >= 0.6 is 15.9 Å². The van der Waals surface area contributed by atoms with Gasteiger partial charge in [-0.1, -0.05) is 0 Å². The molecule has 6 heteroatoms. The topological polar surface area (TPSA) is 45.7 Å². The lowest BCUT2D eigenvalue weighted by atomic mass is 10.2. The fourth-order valence-corrected chi connectivity index (χ4v) is 2.80. The maximum absolute atomic E-state index is 11.9. The monoisotopic (exact) mass is 355 g/mol. The summed E-state index contributed by atoms with van der Waals surface area (Å²) in [7, 11) is 0. The van der Waals surface area contributed by atoms with Gasteiger partial charge in [0.1, 0.15) is 5.82 Å². The van der Waals surface area contributed by atoms with E-state index >= 15 is 0 Å². The highest BCUT2D eigenvalue weighted by Crippen LogP contribution is 2.22. The molecule has 1 fully saturated rings. The van der Waals surface area contributed by atoms with E-state index in [9.17, 15) is 4.79 Å². The van der Waals surface area contributed by atoms with E-state index in [1.165, 1.54) is 0 Å². The molecule has 2 heterocycles. The Morgan fingerprint density at radius 2 is 2.00 bits per heavy atom. The molecule has 0 atom stereocenters. The van der Waals surface area contributed by atoms with Gasteiger partial charge in [0, 0.05) is 32.2 Å². The van der Waals surface area contributed by atoms with Crippen LogP contribution in [0.3, 0.4) is 0 Å². The van der Waals surface area contributed by atoms with E-state index in [1.54, 1.807) is 6.92 Å². The van der Waals surface area contributed by atoms with Crippen LogP contribution in [-0.2, 0) is 4.74 Å². The molecule has 1 aromatic heterocycles. The maximum atomic E-state index is 11.9. The van der Waals surface area contributed by atoms with Gasteiger partial charge in [0.05, 0.1) is 11.1 Å². The van der Waals surface area contributed by atoms with Crippen molar-refractivity contribution in [2.45, 2.75) is 26.8 Å². The summed E-state index contributed by atoms with van der Waals surface area (Å²) < 4.78 is 5.71. The number of anilines is 1. The van der Waals surface area contributed by atoms with Crippen LogP contribution < -0.4 is 4.90 Å². The first-order valence-electron chi connectivity index (χ1n) is 7.35. The van der Waals surface area contributed by atoms with Gasteiger partial charge in [-0.2, -0.15) is 0 Å². The number of piperazine rings is 1. The van der Waals surface area contributed by atoms with Gasteiger partial charge in [-0.3, -0.25) is 4.90 Å². The molecule has 0 radical (unpaired) electrons. The van der Waals surface area contributed by atoms with E-state index in [0.29, 0.717) is 22.8 Å². The van der Waals surface area contributed by atoms with Crippen molar-refractivity contribution in [1.82, 2.24) is 9.88 Å². The molecule has 0 unspecified atom stereocenters. The van der Waals surface area contributed by atoms with Gasteiger partial charge in [-0.25, -0.2) is 9.78 Å². The number of esters is 1. The Morgan fingerprint density at radius 3 is 2.57 bits per heavy atom. The Balaban J connectivity index is 2.11. The predicted octanol–water partition coefficient (Wildman–Crippen LogP) is 2.55. The Kier molecular flexibility index (Phi) is 5.58. The molecule has 0 aromatic carbocycles. The first kappa shape index (κ1) is 16.2. The van der Waals surface area contributed by atoms with Gasteiger partial charge < -0.3 is 9.64 Å². The van der Waals surface area contributed by atoms with E-state index in [1.807, 2.05) is 12.1 Å². The summed E-state index contributed by atoms with van der Waals surface area (Å²) >= 11 is 3.36. The number of nitrogens with zero attached hydrogens (tertiary/aromatic N) is 3. The number of carbonyl (C=O) groups is 1. The van der Waals surface area contributed by atoms with Crippen LogP contribution in [0.1, 0.15) is 31.3 Å². The third-order valence-electron chi connectivity index (χ3n) is 3.67. The Hall–Kier alpha value is -1.14. The Morgan fingerprint density at radius 1 is 1.33 bits per heavy atom. The number of aromatic nitrogens is 1. The highest BCUT2D eigenvalue weighted by atomic mass is 79.9. The molecular formula is C15H22BrN3O2. The van der Waals surface area contributed by atoms with Crippen molar-refractivity contribution in [3.63, 3.8) is 0 Å². The van der Waals surface area contributed by atoms with Crippen LogP contribution in [0, 0.1) is 0 Å². The minimum Gasteiger partial charge on any atom is -0.461 e. The summed E-state index contributed by atoms with van der Waals surface area (Å²) in [4.78, 5) is 21.0. The van der Waals surface area contributed by atoms with E-state index < -0.39 is 0 Å². The molecular weight excluding hydrogens is 334 g/mol. The van der Waals surface area contributed by atoms with Gasteiger partial charge in [0.15, 0.2) is 5.69 Å². The van der Waals surface area contributed by atoms with Crippen LogP contribution in [0.25, 0.3) is 0 Å². The lowest BCUT2D eigenvalue weighted by Crippen LogP contribution is -2.49. The number of hydrogen-bond donors (Lipinski definition) is 0. The molecule has 21 heavy (non-hydrogen) atoms. The second-order valence-corrected chi connectivity index (χ2v) is 6.19. The molecule has 1 aliphatic rings. The van der Waals surface area contributed by atoms with Crippen LogP contribution in [0.2, 0.25) is 0 Å². The molecule has 1 aliphatic heterocycles. The number of carbonyl (C=O) groups excluding carboxylic acids is 1. The van der Waals surface area contributed by atoms with Crippen molar-refractivity contribution in [2.24, 2.45) is 0 Å². The van der Waals surface area contributed by atoms with Crippen molar-refractivity contribution < 1.29 is 9.53 Å². The standard InChI is InChI=1S/C15H22BrN3O2/c1-4-21-15(20)14-12(16)5-6-13(17-14)19-9-7-18(8-10-19)11(2)3/h5-6,11H,4,7-10H2,1-3H3. The average Bonchev–Trinajstić information content (AvgIpc) is 2.48. The van der Waals surface area contributed by atoms with Crippen molar-refractivity contribution in [3.05, 3.63) is 22.3 Å². The van der Waals surface area contributed by atoms with Gasteiger partial charge in [-0.05, 0) is 48.8 Å². The first-order chi connectivity index (χ1) is 10.0. The molecule has 0 N–H and O–H groups in total. The van der Waals surface area contributed by atoms with Crippen molar-refractivity contribution in [1.29, 1.82) is 0 Å². The molecule has 0 amide bonds. The molecule has 116 valence electrons. The van der Waals surface area contributed by atoms with Gasteiger partial charge in [0.25, 0.3) is 0 Å². The third kappa shape index (κ3) is 3.95. The zero-order valence-electron chi connectivity index (χ0n) is 12.8. The maximum Gasteiger partial charge on any atom is 0.358 e. The fraction of sp³-hybridized carbons (Fsp3) is 0.600. The summed E-state index contributed by atoms with van der Waals surface area (Å²) in [5.41, 5.74) is 0.348. The summed E-state index contributed by atoms with van der Waals surface area (Å²) in [6.07, 6.45) is 0. The summed E-state index contributed by atoms with van der Waals surface area (Å²) in [5, 5.41) is 0. The van der Waals surface area contributed by atoms with Gasteiger partial charge in [-0.15, -0.1) is 0 Å². The van der Waals surface area contributed by atoms with Gasteiger partial charge >= 0.3 is 5.97 Å². The predicted molar refractivity (Wildman–Crippen MR) is 86.8 cm³/mol. The lowest BCUT2D eigenvalue weighted by Gasteiger charge is -2.37. The van der Waals surface area contributed by atoms with Crippen LogP contribution in [0.4, 0.5) is 5.82 Å². The molecule has 0 spiro atoms. The van der Waals surface area contributed by atoms with E-state index in [0.717, 1.165) is 32.0 Å². The molecule has 1 aromatic rings. The lowest BCUT2D eigenvalue weighted by molar-refractivity contribution is 0.0518. The van der Waals surface area contributed by atoms with Gasteiger partial charge in [0.2, 0.25) is 0 Å². The zero-order valence-corrected chi connectivity index (χ0v) is 14.4. The molecule has 0 aliphatic carbocycles. The van der Waals surface area contributed by atoms with Crippen LogP contribution in [0.5, 0.6) is 0 Å². The average molecular weight is 356 g/mol. The smallest absolute Gasteiger partial charge is 0.358 e. The number of ether oxygens (including phenoxy) is 1. The summed E-state index contributed by atoms with van der Waals surface area (Å²) in [5.74, 6) is 0.455. The summed E-state index contributed by atoms with van der Waals surface area (Å²) in [6.45, 7) is 10.5. The summed E-state index contributed by atoms with van der Waals surface area (Å²) in [6, 6.07) is 4.38. The molecule has 5 nitrogen and oxygen atoms in total. The Labute approximate surface area is 134 Å². The van der Waals surface area contributed by atoms with Crippen molar-refractivity contribution in [3.8, 4) is 0 Å². The van der Waals surface area contributed by atoms with E-state index in [2.05, 4.69) is 44.6 Å². The fourth-order valence-electron chi connectivity index (χ4n) is 2.42. The number of hydrogen-bond acceptors (Lipinski definition) is 5. The van der Waals surface area contributed by atoms with Crippen LogP contribution in [-0.4, -0.2) is 54.7 Å². The number of halogens is 1. The zero-order chi connectivity index (χ0) is 15.4. The Bertz CT molecular complexity index is 500. The highest BCUT2D eigenvalue weighted by molar-refractivity contribution is 9.10. The van der Waals surface area contributed by atoms with E-state index in [-0.39, 0.29) is 5.97 Å². The molecule has 2 rings (SSSR count). The SMILES string of the molecule is CCOC(=O)c1nc(N2CCN(C(C)C)CC2)ccc1Br. The molecule has 1 saturated heterocycles. The second-order valence-electron chi connectivity index (χ2n) is 5.34. The minimum atomic E-state index is -0.382. The number of rotatable bonds is 4. The van der Waals surface area contributed by atoms with Crippen LogP contribution in [0.15, 0.2) is 16.6 Å². The van der Waals surface area contributed by atoms with Crippen molar-refractivity contribution >= 4 is 27.7 Å². The minimum absolute atomic E-state index is 0.348.